The molecule has 1 rings (SSSR count). The number of hydrogen-bond acceptors (Lipinski definition) is 6. The molecule has 0 aliphatic carbocycles. The molecule has 1 aliphatic rings. The van der Waals surface area contributed by atoms with E-state index >= 15 is 0 Å². The Kier molecular flexibility index (Phi) is 12.2. The van der Waals surface area contributed by atoms with E-state index in [0.717, 1.165) is 45.9 Å². The second kappa shape index (κ2) is 13.7. The summed E-state index contributed by atoms with van der Waals surface area (Å²) in [6, 6.07) is 0. The third-order valence-corrected chi connectivity index (χ3v) is 3.04. The lowest BCUT2D eigenvalue weighted by Gasteiger charge is -2.22. The smallest absolute Gasteiger partial charge is 0.0701 e. The minimum atomic E-state index is 0.618. The molecular formula is C14H29NO5. The van der Waals surface area contributed by atoms with Crippen LogP contribution >= 0.6 is 0 Å². The molecule has 0 N–H and O–H groups in total. The van der Waals surface area contributed by atoms with Gasteiger partial charge in [0.05, 0.1) is 52.9 Å². The number of rotatable bonds is 4. The Labute approximate surface area is 122 Å². The largest absolute Gasteiger partial charge is 0.385 e. The Bertz CT molecular complexity index is 190. The summed E-state index contributed by atoms with van der Waals surface area (Å²) in [6.45, 7) is 8.87. The van der Waals surface area contributed by atoms with Gasteiger partial charge in [0.15, 0.2) is 0 Å². The maximum atomic E-state index is 5.57. The van der Waals surface area contributed by atoms with Gasteiger partial charge in [0, 0.05) is 33.4 Å². The zero-order valence-electron chi connectivity index (χ0n) is 12.7. The SMILES string of the molecule is COCCCN1CCOCCOCCOCCOCC1. The summed E-state index contributed by atoms with van der Waals surface area (Å²) in [5.41, 5.74) is 0. The maximum Gasteiger partial charge on any atom is 0.0701 e. The van der Waals surface area contributed by atoms with Crippen molar-refractivity contribution >= 4 is 0 Å². The third kappa shape index (κ3) is 10.5. The van der Waals surface area contributed by atoms with Crippen molar-refractivity contribution < 1.29 is 23.7 Å². The normalized spacial score (nSPS) is 22.1. The predicted molar refractivity (Wildman–Crippen MR) is 76.2 cm³/mol. The summed E-state index contributed by atoms with van der Waals surface area (Å²) in [6.07, 6.45) is 1.03. The lowest BCUT2D eigenvalue weighted by molar-refractivity contribution is 0.00206. The average molecular weight is 291 g/mol. The van der Waals surface area contributed by atoms with Crippen molar-refractivity contribution in [1.82, 2.24) is 4.90 Å². The van der Waals surface area contributed by atoms with Gasteiger partial charge in [0.25, 0.3) is 0 Å². The van der Waals surface area contributed by atoms with Gasteiger partial charge in [0.2, 0.25) is 0 Å². The Morgan fingerprint density at radius 1 is 0.750 bits per heavy atom. The fourth-order valence-corrected chi connectivity index (χ4v) is 1.92. The van der Waals surface area contributed by atoms with Crippen LogP contribution in [0.25, 0.3) is 0 Å². The average Bonchev–Trinajstić information content (AvgIpc) is 2.47. The number of nitrogens with zero attached hydrogens (tertiary/aromatic N) is 1. The highest BCUT2D eigenvalue weighted by molar-refractivity contribution is 4.57. The van der Waals surface area contributed by atoms with E-state index in [0.29, 0.717) is 39.6 Å². The first-order valence-corrected chi connectivity index (χ1v) is 7.46. The molecule has 120 valence electrons. The van der Waals surface area contributed by atoms with Crippen LogP contribution in [0.1, 0.15) is 6.42 Å². The van der Waals surface area contributed by atoms with Gasteiger partial charge >= 0.3 is 0 Å². The first-order chi connectivity index (χ1) is 9.93. The molecule has 1 fully saturated rings. The molecule has 0 bridgehead atoms. The highest BCUT2D eigenvalue weighted by Gasteiger charge is 2.05. The Morgan fingerprint density at radius 3 is 1.65 bits per heavy atom. The van der Waals surface area contributed by atoms with Gasteiger partial charge in [0.1, 0.15) is 0 Å². The van der Waals surface area contributed by atoms with E-state index in [1.807, 2.05) is 0 Å². The molecule has 6 nitrogen and oxygen atoms in total. The summed E-state index contributed by atoms with van der Waals surface area (Å²) in [4.78, 5) is 2.35. The van der Waals surface area contributed by atoms with Crippen molar-refractivity contribution in [2.24, 2.45) is 0 Å². The van der Waals surface area contributed by atoms with Crippen LogP contribution in [0.2, 0.25) is 0 Å². The molecule has 0 unspecified atom stereocenters. The molecule has 0 spiro atoms. The van der Waals surface area contributed by atoms with Crippen molar-refractivity contribution in [3.8, 4) is 0 Å². The van der Waals surface area contributed by atoms with Gasteiger partial charge in [-0.25, -0.2) is 0 Å². The number of ether oxygens (including phenoxy) is 5. The summed E-state index contributed by atoms with van der Waals surface area (Å²) in [7, 11) is 1.73. The van der Waals surface area contributed by atoms with Gasteiger partial charge in [-0.3, -0.25) is 4.90 Å². The second-order valence-corrected chi connectivity index (χ2v) is 4.64. The summed E-state index contributed by atoms with van der Waals surface area (Å²) < 4.78 is 27.0. The quantitative estimate of drug-likeness (QED) is 0.699. The van der Waals surface area contributed by atoms with Crippen molar-refractivity contribution in [3.05, 3.63) is 0 Å². The lowest BCUT2D eigenvalue weighted by atomic mass is 10.4. The second-order valence-electron chi connectivity index (χ2n) is 4.64. The van der Waals surface area contributed by atoms with Gasteiger partial charge in [-0.05, 0) is 6.42 Å². The van der Waals surface area contributed by atoms with Crippen LogP contribution < -0.4 is 0 Å². The molecule has 0 aromatic heterocycles. The monoisotopic (exact) mass is 291 g/mol. The fraction of sp³-hybridized carbons (Fsp3) is 1.00. The molecule has 0 amide bonds. The molecule has 0 radical (unpaired) electrons. The van der Waals surface area contributed by atoms with Gasteiger partial charge in [-0.1, -0.05) is 0 Å². The molecule has 20 heavy (non-hydrogen) atoms. The highest BCUT2D eigenvalue weighted by atomic mass is 16.6. The zero-order valence-corrected chi connectivity index (χ0v) is 12.7. The van der Waals surface area contributed by atoms with Crippen molar-refractivity contribution in [2.75, 3.05) is 86.2 Å². The fourth-order valence-electron chi connectivity index (χ4n) is 1.92. The van der Waals surface area contributed by atoms with Crippen LogP contribution in [0, 0.1) is 0 Å². The summed E-state index contributed by atoms with van der Waals surface area (Å²) >= 11 is 0. The van der Waals surface area contributed by atoms with Crippen molar-refractivity contribution in [3.63, 3.8) is 0 Å². The van der Waals surface area contributed by atoms with E-state index in [1.54, 1.807) is 7.11 Å². The van der Waals surface area contributed by atoms with Crippen LogP contribution in [-0.4, -0.2) is 91.1 Å². The highest BCUT2D eigenvalue weighted by Crippen LogP contribution is 1.94. The van der Waals surface area contributed by atoms with Gasteiger partial charge in [-0.15, -0.1) is 0 Å². The van der Waals surface area contributed by atoms with Crippen LogP contribution in [-0.2, 0) is 23.7 Å². The number of hydrogen-bond donors (Lipinski definition) is 0. The van der Waals surface area contributed by atoms with E-state index in [9.17, 15) is 0 Å². The Morgan fingerprint density at radius 2 is 1.20 bits per heavy atom. The summed E-state index contributed by atoms with van der Waals surface area (Å²) in [5.74, 6) is 0. The molecule has 0 atom stereocenters. The summed E-state index contributed by atoms with van der Waals surface area (Å²) in [5, 5.41) is 0. The van der Waals surface area contributed by atoms with Gasteiger partial charge < -0.3 is 23.7 Å². The van der Waals surface area contributed by atoms with Crippen LogP contribution in [0.5, 0.6) is 0 Å². The number of methoxy groups -OCH3 is 1. The van der Waals surface area contributed by atoms with E-state index in [1.165, 1.54) is 0 Å². The molecular weight excluding hydrogens is 262 g/mol. The van der Waals surface area contributed by atoms with Gasteiger partial charge in [-0.2, -0.15) is 0 Å². The Hall–Kier alpha value is -0.240. The standard InChI is InChI=1S/C14H29NO5/c1-16-6-2-3-15-4-7-17-9-11-19-13-14-20-12-10-18-8-5-15/h2-14H2,1H3. The molecule has 0 saturated carbocycles. The first kappa shape index (κ1) is 17.8. The van der Waals surface area contributed by atoms with E-state index in [-0.39, 0.29) is 0 Å². The predicted octanol–water partition coefficient (Wildman–Crippen LogP) is 0.405. The zero-order chi connectivity index (χ0) is 14.3. The van der Waals surface area contributed by atoms with Crippen molar-refractivity contribution in [2.45, 2.75) is 6.42 Å². The molecule has 1 heterocycles. The van der Waals surface area contributed by atoms with E-state index in [2.05, 4.69) is 4.90 Å². The maximum absolute atomic E-state index is 5.57. The Balaban J connectivity index is 2.21. The van der Waals surface area contributed by atoms with E-state index < -0.39 is 0 Å². The van der Waals surface area contributed by atoms with Crippen LogP contribution in [0.15, 0.2) is 0 Å². The molecule has 6 heteroatoms. The first-order valence-electron chi connectivity index (χ1n) is 7.46. The molecule has 1 aliphatic heterocycles. The minimum absolute atomic E-state index is 0.618. The van der Waals surface area contributed by atoms with Crippen LogP contribution in [0.3, 0.4) is 0 Å². The topological polar surface area (TPSA) is 49.4 Å². The van der Waals surface area contributed by atoms with Crippen molar-refractivity contribution in [1.29, 1.82) is 0 Å². The van der Waals surface area contributed by atoms with Crippen LogP contribution in [0.4, 0.5) is 0 Å². The minimum Gasteiger partial charge on any atom is -0.385 e. The molecule has 0 aromatic carbocycles. The molecule has 1 saturated heterocycles. The third-order valence-electron chi connectivity index (χ3n) is 3.04. The van der Waals surface area contributed by atoms with E-state index in [4.69, 9.17) is 23.7 Å². The lowest BCUT2D eigenvalue weighted by Crippen LogP contribution is -2.33. The molecule has 0 aromatic rings.